The molecule has 0 fully saturated rings. The summed E-state index contributed by atoms with van der Waals surface area (Å²) in [7, 11) is 1.76. The topological polar surface area (TPSA) is 24.4 Å². The Morgan fingerprint density at radius 1 is 1.37 bits per heavy atom. The van der Waals surface area contributed by atoms with E-state index < -0.39 is 0 Å². The molecule has 1 N–H and O–H groups in total. The Balaban J connectivity index is 3.83. The van der Waals surface area contributed by atoms with Crippen molar-refractivity contribution < 1.29 is 0 Å². The Morgan fingerprint density at radius 2 is 2.16 bits per heavy atom. The molecule has 0 unspecified atom stereocenters. The molecule has 0 saturated carbocycles. The van der Waals surface area contributed by atoms with E-state index >= 15 is 0 Å². The summed E-state index contributed by atoms with van der Waals surface area (Å²) < 4.78 is 1.02. The van der Waals surface area contributed by atoms with Crippen LogP contribution in [-0.2, 0) is 0 Å². The molecular formula is C16H25BrN2. The average molecular weight is 325 g/mol. The van der Waals surface area contributed by atoms with Crippen LogP contribution in [0.4, 0.5) is 0 Å². The molecule has 0 spiro atoms. The highest BCUT2D eigenvalue weighted by molar-refractivity contribution is 9.12. The van der Waals surface area contributed by atoms with Gasteiger partial charge in [-0.2, -0.15) is 0 Å². The van der Waals surface area contributed by atoms with Gasteiger partial charge < -0.3 is 5.32 Å². The van der Waals surface area contributed by atoms with E-state index in [2.05, 4.69) is 58.0 Å². The molecule has 0 radical (unpaired) electrons. The number of halogens is 1. The fraction of sp³-hybridized carbons (Fsp3) is 0.438. The van der Waals surface area contributed by atoms with Crippen molar-refractivity contribution in [3.63, 3.8) is 0 Å². The Hall–Kier alpha value is -0.930. The predicted octanol–water partition coefficient (Wildman–Crippen LogP) is 4.41. The third-order valence-electron chi connectivity index (χ3n) is 2.43. The summed E-state index contributed by atoms with van der Waals surface area (Å²) in [5, 5.41) is 3.39. The lowest BCUT2D eigenvalue weighted by atomic mass is 10.1. The molecule has 0 atom stereocenters. The van der Waals surface area contributed by atoms with Crippen LogP contribution in [0, 0.1) is 0 Å². The Morgan fingerprint density at radius 3 is 2.79 bits per heavy atom. The van der Waals surface area contributed by atoms with Crippen LogP contribution in [-0.4, -0.2) is 26.4 Å². The van der Waals surface area contributed by atoms with Gasteiger partial charge in [0.25, 0.3) is 0 Å². The summed E-state index contributed by atoms with van der Waals surface area (Å²) in [6, 6.07) is 0. The third kappa shape index (κ3) is 11.9. The first-order valence-electron chi connectivity index (χ1n) is 6.71. The summed E-state index contributed by atoms with van der Waals surface area (Å²) >= 11 is 3.42. The second-order valence-corrected chi connectivity index (χ2v) is 4.98. The van der Waals surface area contributed by atoms with Crippen molar-refractivity contribution in [3.8, 4) is 0 Å². The van der Waals surface area contributed by atoms with Crippen molar-refractivity contribution >= 4 is 22.1 Å². The lowest BCUT2D eigenvalue weighted by Gasteiger charge is -2.03. The van der Waals surface area contributed by atoms with E-state index in [1.165, 1.54) is 5.57 Å². The van der Waals surface area contributed by atoms with Crippen molar-refractivity contribution in [1.29, 1.82) is 0 Å². The van der Waals surface area contributed by atoms with Crippen molar-refractivity contribution in [1.82, 2.24) is 5.32 Å². The van der Waals surface area contributed by atoms with Crippen molar-refractivity contribution in [2.75, 3.05) is 20.1 Å². The smallest absolute Gasteiger partial charge is 0.0348 e. The minimum absolute atomic E-state index is 0.863. The van der Waals surface area contributed by atoms with Gasteiger partial charge >= 0.3 is 0 Å². The number of aliphatic imine (C=N–C) groups is 1. The lowest BCUT2D eigenvalue weighted by molar-refractivity contribution is 0.693. The van der Waals surface area contributed by atoms with E-state index in [9.17, 15) is 0 Å². The molecular weight excluding hydrogens is 300 g/mol. The molecule has 0 heterocycles. The second kappa shape index (κ2) is 13.5. The second-order valence-electron chi connectivity index (χ2n) is 4.07. The van der Waals surface area contributed by atoms with E-state index in [1.54, 1.807) is 13.3 Å². The van der Waals surface area contributed by atoms with Gasteiger partial charge in [0.2, 0.25) is 0 Å². The van der Waals surface area contributed by atoms with Gasteiger partial charge in [0, 0.05) is 24.3 Å². The van der Waals surface area contributed by atoms with Crippen LogP contribution >= 0.6 is 15.9 Å². The number of nitrogens with zero attached hydrogens (tertiary/aromatic N) is 1. The van der Waals surface area contributed by atoms with E-state index in [4.69, 9.17) is 0 Å². The zero-order chi connectivity index (χ0) is 14.3. The van der Waals surface area contributed by atoms with Crippen molar-refractivity contribution in [2.45, 2.75) is 26.2 Å². The molecule has 0 rings (SSSR count). The van der Waals surface area contributed by atoms with Crippen LogP contribution < -0.4 is 5.32 Å². The molecule has 0 aliphatic carbocycles. The molecule has 0 aromatic carbocycles. The zero-order valence-corrected chi connectivity index (χ0v) is 13.6. The van der Waals surface area contributed by atoms with Crippen molar-refractivity contribution in [2.24, 2.45) is 4.99 Å². The monoisotopic (exact) mass is 324 g/mol. The fourth-order valence-electron chi connectivity index (χ4n) is 1.57. The zero-order valence-electron chi connectivity index (χ0n) is 12.0. The van der Waals surface area contributed by atoms with Gasteiger partial charge in [-0.05, 0) is 41.7 Å². The van der Waals surface area contributed by atoms with Gasteiger partial charge in [-0.1, -0.05) is 49.5 Å². The molecule has 2 nitrogen and oxygen atoms in total. The number of rotatable bonds is 10. The molecule has 0 aromatic rings. The molecule has 19 heavy (non-hydrogen) atoms. The molecule has 0 aliphatic rings. The molecule has 3 heteroatoms. The molecule has 0 bridgehead atoms. The third-order valence-corrected chi connectivity index (χ3v) is 2.95. The highest BCUT2D eigenvalue weighted by atomic mass is 79.9. The van der Waals surface area contributed by atoms with Gasteiger partial charge in [0.1, 0.15) is 0 Å². The standard InChI is InChI=1S/C16H25BrN2/c1-4-6-9-15(8-5-2)10-7-12-19-13-11-16(17)14-18-3/h4,6,8-9,11,14,19H,1,5,7,10,12-13H2,2-3H3/b9-6-,15-8+,16-11+,18-14?. The van der Waals surface area contributed by atoms with E-state index in [-0.39, 0.29) is 0 Å². The maximum atomic E-state index is 3.93. The van der Waals surface area contributed by atoms with Crippen LogP contribution in [0.15, 0.2) is 52.0 Å². The van der Waals surface area contributed by atoms with Crippen molar-refractivity contribution in [3.05, 3.63) is 47.0 Å². The molecule has 0 aliphatic heterocycles. The van der Waals surface area contributed by atoms with Crippen LogP contribution in [0.25, 0.3) is 0 Å². The van der Waals surface area contributed by atoms with Crippen LogP contribution in [0.3, 0.4) is 0 Å². The number of hydrogen-bond acceptors (Lipinski definition) is 2. The molecule has 106 valence electrons. The minimum atomic E-state index is 0.863. The summed E-state index contributed by atoms with van der Waals surface area (Å²) in [5.41, 5.74) is 1.39. The van der Waals surface area contributed by atoms with E-state index in [1.807, 2.05) is 12.2 Å². The van der Waals surface area contributed by atoms with E-state index in [0.717, 1.165) is 36.8 Å². The van der Waals surface area contributed by atoms with Gasteiger partial charge in [0.05, 0.1) is 0 Å². The van der Waals surface area contributed by atoms with Gasteiger partial charge in [-0.15, -0.1) is 0 Å². The average Bonchev–Trinajstić information content (AvgIpc) is 2.40. The number of nitrogens with one attached hydrogen (secondary N) is 1. The predicted molar refractivity (Wildman–Crippen MR) is 91.2 cm³/mol. The molecule has 0 saturated heterocycles. The first kappa shape index (κ1) is 18.1. The van der Waals surface area contributed by atoms with E-state index in [0.29, 0.717) is 0 Å². The summed E-state index contributed by atoms with van der Waals surface area (Å²) in [6.45, 7) is 7.74. The SMILES string of the molecule is C=C/C=C\C(=C/CC)CCCNC/C=C(/Br)C=NC. The maximum Gasteiger partial charge on any atom is 0.0348 e. The largest absolute Gasteiger partial charge is 0.313 e. The number of allylic oxidation sites excluding steroid dienone is 6. The van der Waals surface area contributed by atoms with Crippen LogP contribution in [0.5, 0.6) is 0 Å². The van der Waals surface area contributed by atoms with Gasteiger partial charge in [-0.25, -0.2) is 0 Å². The quantitative estimate of drug-likeness (QED) is 0.359. The number of hydrogen-bond donors (Lipinski definition) is 1. The minimum Gasteiger partial charge on any atom is -0.313 e. The van der Waals surface area contributed by atoms with Gasteiger partial charge in [-0.3, -0.25) is 4.99 Å². The summed E-state index contributed by atoms with van der Waals surface area (Å²) in [6.07, 6.45) is 15.4. The molecule has 0 aromatic heterocycles. The first-order chi connectivity index (χ1) is 9.24. The highest BCUT2D eigenvalue weighted by Crippen LogP contribution is 2.08. The fourth-order valence-corrected chi connectivity index (χ4v) is 1.94. The Bertz CT molecular complexity index is 352. The Kier molecular flexibility index (Phi) is 12.8. The maximum absolute atomic E-state index is 3.93. The summed E-state index contributed by atoms with van der Waals surface area (Å²) in [4.78, 5) is 3.93. The van der Waals surface area contributed by atoms with Gasteiger partial charge in [0.15, 0.2) is 0 Å². The van der Waals surface area contributed by atoms with Crippen LogP contribution in [0.1, 0.15) is 26.2 Å². The first-order valence-corrected chi connectivity index (χ1v) is 7.50. The molecule has 0 amide bonds. The van der Waals surface area contributed by atoms with Crippen LogP contribution in [0.2, 0.25) is 0 Å². The Labute approximate surface area is 126 Å². The summed E-state index contributed by atoms with van der Waals surface area (Å²) in [5.74, 6) is 0. The lowest BCUT2D eigenvalue weighted by Crippen LogP contribution is -2.15. The highest BCUT2D eigenvalue weighted by Gasteiger charge is 1.93. The normalized spacial score (nSPS) is 13.6.